The zero-order valence-electron chi connectivity index (χ0n) is 19.0. The molecule has 3 N–H and O–H groups in total. The summed E-state index contributed by atoms with van der Waals surface area (Å²) in [5.74, 6) is -0.319. The van der Waals surface area contributed by atoms with Crippen molar-refractivity contribution in [2.24, 2.45) is 0 Å². The molecule has 0 bridgehead atoms. The summed E-state index contributed by atoms with van der Waals surface area (Å²) >= 11 is 12.4. The molecule has 1 aliphatic rings. The maximum absolute atomic E-state index is 12.8. The average molecular weight is 534 g/mol. The van der Waals surface area contributed by atoms with Gasteiger partial charge in [0.15, 0.2) is 23.9 Å². The first-order chi connectivity index (χ1) is 16.7. The Morgan fingerprint density at radius 3 is 2.43 bits per heavy atom. The molecule has 13 heteroatoms. The Hall–Kier alpha value is -2.38. The number of pyridine rings is 1. The van der Waals surface area contributed by atoms with E-state index in [1.807, 2.05) is 0 Å². The second kappa shape index (κ2) is 12.0. The standard InChI is InChI=1S/C22H25Cl2NO10/c1-30-14-6-11(21(29)35-19-17(28)16(27)15(8-26)34-22(19)32-3)5-12(23)18(14)33-9-10-4-13(24)20(31-2)25-7-10/h4-7,15-17,19,22,26-28H,8-9H2,1-3H3/t15-,16-,17+,19-,22+/m1/s1. The van der Waals surface area contributed by atoms with Crippen LogP contribution in [0.25, 0.3) is 0 Å². The van der Waals surface area contributed by atoms with Crippen LogP contribution in [0.1, 0.15) is 15.9 Å². The highest BCUT2D eigenvalue weighted by Crippen LogP contribution is 2.38. The number of benzene rings is 1. The van der Waals surface area contributed by atoms with Crippen molar-refractivity contribution in [2.75, 3.05) is 27.9 Å². The lowest BCUT2D eigenvalue weighted by atomic mass is 9.99. The number of hydrogen-bond donors (Lipinski definition) is 3. The molecule has 0 radical (unpaired) electrons. The number of hydrogen-bond acceptors (Lipinski definition) is 11. The highest BCUT2D eigenvalue weighted by molar-refractivity contribution is 6.32. The van der Waals surface area contributed by atoms with Gasteiger partial charge >= 0.3 is 5.97 Å². The summed E-state index contributed by atoms with van der Waals surface area (Å²) in [7, 11) is 4.08. The van der Waals surface area contributed by atoms with Crippen molar-refractivity contribution in [1.82, 2.24) is 4.98 Å². The molecule has 1 saturated heterocycles. The lowest BCUT2D eigenvalue weighted by Gasteiger charge is -2.40. The fourth-order valence-electron chi connectivity index (χ4n) is 3.39. The topological polar surface area (TPSA) is 146 Å². The largest absolute Gasteiger partial charge is 0.493 e. The molecule has 0 saturated carbocycles. The van der Waals surface area contributed by atoms with Crippen LogP contribution in [-0.4, -0.2) is 84.9 Å². The third kappa shape index (κ3) is 6.07. The van der Waals surface area contributed by atoms with Crippen LogP contribution in [0.2, 0.25) is 10.0 Å². The highest BCUT2D eigenvalue weighted by atomic mass is 35.5. The molecule has 11 nitrogen and oxygen atoms in total. The van der Waals surface area contributed by atoms with Gasteiger partial charge < -0.3 is 43.7 Å². The summed E-state index contributed by atoms with van der Waals surface area (Å²) in [4.78, 5) is 16.9. The van der Waals surface area contributed by atoms with Crippen molar-refractivity contribution in [1.29, 1.82) is 0 Å². The van der Waals surface area contributed by atoms with E-state index in [0.29, 0.717) is 10.6 Å². The fraction of sp³-hybridized carbons (Fsp3) is 0.455. The number of esters is 1. The zero-order chi connectivity index (χ0) is 25.7. The first-order valence-electron chi connectivity index (χ1n) is 10.3. The van der Waals surface area contributed by atoms with E-state index in [9.17, 15) is 20.1 Å². The quantitative estimate of drug-likeness (QED) is 0.403. The molecule has 35 heavy (non-hydrogen) atoms. The normalized spacial score (nSPS) is 24.1. The predicted octanol–water partition coefficient (Wildman–Crippen LogP) is 1.60. The van der Waals surface area contributed by atoms with Gasteiger partial charge in [-0.15, -0.1) is 0 Å². The van der Waals surface area contributed by atoms with Crippen molar-refractivity contribution in [2.45, 2.75) is 37.3 Å². The number of carbonyl (C=O) groups is 1. The van der Waals surface area contributed by atoms with E-state index >= 15 is 0 Å². The summed E-state index contributed by atoms with van der Waals surface area (Å²) in [5, 5.41) is 30.1. The average Bonchev–Trinajstić information content (AvgIpc) is 2.85. The van der Waals surface area contributed by atoms with Gasteiger partial charge in [0.05, 0.1) is 31.4 Å². The van der Waals surface area contributed by atoms with Crippen LogP contribution in [0.5, 0.6) is 17.4 Å². The highest BCUT2D eigenvalue weighted by Gasteiger charge is 2.47. The zero-order valence-corrected chi connectivity index (χ0v) is 20.5. The van der Waals surface area contributed by atoms with E-state index in [1.165, 1.54) is 39.7 Å². The van der Waals surface area contributed by atoms with Crippen LogP contribution in [0.3, 0.4) is 0 Å². The number of aromatic nitrogens is 1. The molecule has 2 heterocycles. The Bertz CT molecular complexity index is 1040. The van der Waals surface area contributed by atoms with Gasteiger partial charge in [-0.1, -0.05) is 23.2 Å². The number of ether oxygens (including phenoxy) is 6. The van der Waals surface area contributed by atoms with Gasteiger partial charge in [0, 0.05) is 18.9 Å². The first-order valence-corrected chi connectivity index (χ1v) is 11.0. The molecule has 0 aliphatic carbocycles. The maximum atomic E-state index is 12.8. The molecular weight excluding hydrogens is 509 g/mol. The van der Waals surface area contributed by atoms with Gasteiger partial charge in [-0.3, -0.25) is 0 Å². The Labute approximate surface area is 211 Å². The van der Waals surface area contributed by atoms with Crippen molar-refractivity contribution >= 4 is 29.2 Å². The lowest BCUT2D eigenvalue weighted by molar-refractivity contribution is -0.293. The van der Waals surface area contributed by atoms with E-state index in [2.05, 4.69) is 4.98 Å². The van der Waals surface area contributed by atoms with E-state index < -0.39 is 43.3 Å². The first kappa shape index (κ1) is 27.2. The number of aliphatic hydroxyl groups is 3. The Morgan fingerprint density at radius 2 is 1.83 bits per heavy atom. The summed E-state index contributed by atoms with van der Waals surface area (Å²) in [5.41, 5.74) is 0.614. The molecule has 1 aromatic carbocycles. The molecule has 2 aromatic rings. The Morgan fingerprint density at radius 1 is 1.09 bits per heavy atom. The van der Waals surface area contributed by atoms with Crippen LogP contribution >= 0.6 is 23.2 Å². The van der Waals surface area contributed by atoms with Gasteiger partial charge in [0.25, 0.3) is 0 Å². The fourth-order valence-corrected chi connectivity index (χ4v) is 3.92. The third-order valence-corrected chi connectivity index (χ3v) is 5.76. The van der Waals surface area contributed by atoms with Crippen LogP contribution < -0.4 is 14.2 Å². The molecule has 0 spiro atoms. The van der Waals surface area contributed by atoms with Crippen LogP contribution in [0, 0.1) is 0 Å². The molecule has 1 aliphatic heterocycles. The van der Waals surface area contributed by atoms with Crippen LogP contribution in [-0.2, 0) is 20.8 Å². The molecule has 1 aromatic heterocycles. The lowest BCUT2D eigenvalue weighted by Crippen LogP contribution is -2.60. The summed E-state index contributed by atoms with van der Waals surface area (Å²) < 4.78 is 31.9. The van der Waals surface area contributed by atoms with Crippen LogP contribution in [0.15, 0.2) is 24.4 Å². The second-order valence-corrected chi connectivity index (χ2v) is 8.24. The Kier molecular flexibility index (Phi) is 9.36. The van der Waals surface area contributed by atoms with Gasteiger partial charge in [0.2, 0.25) is 5.88 Å². The van der Waals surface area contributed by atoms with Crippen molar-refractivity contribution in [3.8, 4) is 17.4 Å². The Balaban J connectivity index is 1.76. The minimum atomic E-state index is -1.57. The molecule has 5 atom stereocenters. The van der Waals surface area contributed by atoms with Crippen LogP contribution in [0.4, 0.5) is 0 Å². The predicted molar refractivity (Wildman–Crippen MR) is 122 cm³/mol. The molecule has 0 amide bonds. The van der Waals surface area contributed by atoms with E-state index in [-0.39, 0.29) is 34.6 Å². The number of methoxy groups -OCH3 is 3. The number of aliphatic hydroxyl groups excluding tert-OH is 3. The van der Waals surface area contributed by atoms with Gasteiger partial charge in [-0.2, -0.15) is 0 Å². The van der Waals surface area contributed by atoms with Gasteiger partial charge in [-0.25, -0.2) is 9.78 Å². The van der Waals surface area contributed by atoms with E-state index in [0.717, 1.165) is 0 Å². The SMILES string of the molecule is COc1cc(C(=O)O[C@H]2[C@@H](OC)O[C@H](CO)[C@@H](O)[C@@H]2O)cc(Cl)c1OCc1cnc(OC)c(Cl)c1. The van der Waals surface area contributed by atoms with E-state index in [1.54, 1.807) is 6.07 Å². The van der Waals surface area contributed by atoms with Gasteiger partial charge in [0.1, 0.15) is 29.9 Å². The molecule has 192 valence electrons. The van der Waals surface area contributed by atoms with Crippen molar-refractivity contribution in [3.63, 3.8) is 0 Å². The van der Waals surface area contributed by atoms with Crippen molar-refractivity contribution < 1.29 is 48.5 Å². The molecule has 1 fully saturated rings. The summed E-state index contributed by atoms with van der Waals surface area (Å²) in [6.45, 7) is -0.520. The molecule has 0 unspecified atom stereocenters. The van der Waals surface area contributed by atoms with E-state index in [4.69, 9.17) is 51.6 Å². The summed E-state index contributed by atoms with van der Waals surface area (Å²) in [6, 6.07) is 4.26. The minimum absolute atomic E-state index is 0.0193. The summed E-state index contributed by atoms with van der Waals surface area (Å²) in [6.07, 6.45) is -5.25. The monoisotopic (exact) mass is 533 g/mol. The smallest absolute Gasteiger partial charge is 0.338 e. The number of halogens is 2. The number of rotatable bonds is 9. The second-order valence-electron chi connectivity index (χ2n) is 7.43. The molecular formula is C22H25Cl2NO10. The number of carbonyl (C=O) groups excluding carboxylic acids is 1. The minimum Gasteiger partial charge on any atom is -0.493 e. The van der Waals surface area contributed by atoms with Gasteiger partial charge in [-0.05, 0) is 18.2 Å². The maximum Gasteiger partial charge on any atom is 0.338 e. The molecule has 3 rings (SSSR count). The van der Waals surface area contributed by atoms with Crippen molar-refractivity contribution in [3.05, 3.63) is 45.6 Å². The third-order valence-electron chi connectivity index (χ3n) is 5.21. The number of nitrogens with zero attached hydrogens (tertiary/aromatic N) is 1.